The minimum absolute atomic E-state index is 0.0274. The zero-order chi connectivity index (χ0) is 16.8. The molecule has 0 unspecified atom stereocenters. The van der Waals surface area contributed by atoms with E-state index in [0.29, 0.717) is 0 Å². The molecule has 5 heteroatoms. The lowest BCUT2D eigenvalue weighted by Crippen LogP contribution is -2.43. The molecule has 3 rings (SSSR count). The summed E-state index contributed by atoms with van der Waals surface area (Å²) in [7, 11) is 1.86. The monoisotopic (exact) mass is 324 g/mol. The molecule has 0 bridgehead atoms. The smallest absolute Gasteiger partial charge is 0.244 e. The molecule has 5 nitrogen and oxygen atoms in total. The SMILES string of the molecule is Cn1cc(/C=C\C(=O)NC2CCN(Cc3ccccc3)CC2)cn1. The van der Waals surface area contributed by atoms with Crippen LogP contribution >= 0.6 is 0 Å². The lowest BCUT2D eigenvalue weighted by atomic mass is 10.0. The maximum atomic E-state index is 12.0. The van der Waals surface area contributed by atoms with Gasteiger partial charge in [0.25, 0.3) is 0 Å². The highest BCUT2D eigenvalue weighted by atomic mass is 16.1. The summed E-state index contributed by atoms with van der Waals surface area (Å²) in [6.45, 7) is 3.03. The van der Waals surface area contributed by atoms with E-state index in [0.717, 1.165) is 38.0 Å². The van der Waals surface area contributed by atoms with Crippen molar-refractivity contribution in [3.05, 3.63) is 59.9 Å². The zero-order valence-electron chi connectivity index (χ0n) is 14.1. The van der Waals surface area contributed by atoms with Gasteiger partial charge in [-0.05, 0) is 24.5 Å². The van der Waals surface area contributed by atoms with Crippen molar-refractivity contribution in [3.8, 4) is 0 Å². The summed E-state index contributed by atoms with van der Waals surface area (Å²) in [6.07, 6.45) is 9.01. The van der Waals surface area contributed by atoms with Crippen molar-refractivity contribution in [1.29, 1.82) is 0 Å². The van der Waals surface area contributed by atoms with E-state index in [-0.39, 0.29) is 11.9 Å². The van der Waals surface area contributed by atoms with Crippen molar-refractivity contribution in [2.75, 3.05) is 13.1 Å². The van der Waals surface area contributed by atoms with Gasteiger partial charge in [0, 0.05) is 50.6 Å². The van der Waals surface area contributed by atoms with Gasteiger partial charge in [-0.25, -0.2) is 0 Å². The molecular weight excluding hydrogens is 300 g/mol. The summed E-state index contributed by atoms with van der Waals surface area (Å²) >= 11 is 0. The second-order valence-electron chi connectivity index (χ2n) is 6.33. The van der Waals surface area contributed by atoms with Crippen LogP contribution in [0, 0.1) is 0 Å². The summed E-state index contributed by atoms with van der Waals surface area (Å²) in [5.41, 5.74) is 2.28. The topological polar surface area (TPSA) is 50.2 Å². The Kier molecular flexibility index (Phi) is 5.43. The molecule has 1 N–H and O–H groups in total. The fraction of sp³-hybridized carbons (Fsp3) is 0.368. The van der Waals surface area contributed by atoms with E-state index in [1.807, 2.05) is 19.3 Å². The summed E-state index contributed by atoms with van der Waals surface area (Å²) in [5.74, 6) is -0.0274. The van der Waals surface area contributed by atoms with Gasteiger partial charge in [-0.2, -0.15) is 5.10 Å². The Morgan fingerprint density at radius 3 is 2.71 bits per heavy atom. The van der Waals surface area contributed by atoms with Gasteiger partial charge < -0.3 is 5.32 Å². The van der Waals surface area contributed by atoms with Crippen LogP contribution in [-0.2, 0) is 18.4 Å². The summed E-state index contributed by atoms with van der Waals surface area (Å²) in [4.78, 5) is 14.5. The first-order chi connectivity index (χ1) is 11.7. The Balaban J connectivity index is 1.42. The largest absolute Gasteiger partial charge is 0.350 e. The van der Waals surface area contributed by atoms with E-state index >= 15 is 0 Å². The molecule has 1 amide bonds. The van der Waals surface area contributed by atoms with E-state index in [1.165, 1.54) is 5.56 Å². The molecule has 24 heavy (non-hydrogen) atoms. The number of rotatable bonds is 5. The first kappa shape index (κ1) is 16.5. The molecule has 0 saturated carbocycles. The highest BCUT2D eigenvalue weighted by Gasteiger charge is 2.19. The molecule has 1 aromatic carbocycles. The van der Waals surface area contributed by atoms with E-state index in [2.05, 4.69) is 39.6 Å². The predicted octanol–water partition coefficient (Wildman–Crippen LogP) is 2.21. The Labute approximate surface area is 143 Å². The fourth-order valence-corrected chi connectivity index (χ4v) is 3.02. The minimum Gasteiger partial charge on any atom is -0.350 e. The van der Waals surface area contributed by atoms with Crippen LogP contribution < -0.4 is 5.32 Å². The van der Waals surface area contributed by atoms with E-state index in [9.17, 15) is 4.79 Å². The molecule has 0 aliphatic carbocycles. The van der Waals surface area contributed by atoms with Crippen LogP contribution in [0.25, 0.3) is 6.08 Å². The molecule has 2 aromatic rings. The number of piperidine rings is 1. The zero-order valence-corrected chi connectivity index (χ0v) is 14.1. The summed E-state index contributed by atoms with van der Waals surface area (Å²) in [5, 5.41) is 7.18. The first-order valence-electron chi connectivity index (χ1n) is 8.42. The van der Waals surface area contributed by atoms with Gasteiger partial charge in [-0.15, -0.1) is 0 Å². The van der Waals surface area contributed by atoms with Gasteiger partial charge in [-0.1, -0.05) is 30.3 Å². The van der Waals surface area contributed by atoms with Crippen molar-refractivity contribution in [3.63, 3.8) is 0 Å². The molecule has 1 fully saturated rings. The van der Waals surface area contributed by atoms with Crippen molar-refractivity contribution in [2.45, 2.75) is 25.4 Å². The Hall–Kier alpha value is -2.40. The van der Waals surface area contributed by atoms with Crippen LogP contribution in [0.1, 0.15) is 24.0 Å². The van der Waals surface area contributed by atoms with Gasteiger partial charge in [0.1, 0.15) is 0 Å². The number of nitrogens with zero attached hydrogens (tertiary/aromatic N) is 3. The van der Waals surface area contributed by atoms with E-state index in [1.54, 1.807) is 23.0 Å². The molecule has 1 aromatic heterocycles. The average Bonchev–Trinajstić information content (AvgIpc) is 3.01. The number of aryl methyl sites for hydroxylation is 1. The number of benzene rings is 1. The number of amides is 1. The van der Waals surface area contributed by atoms with Gasteiger partial charge in [0.2, 0.25) is 5.91 Å². The molecule has 1 aliphatic rings. The van der Waals surface area contributed by atoms with Crippen molar-refractivity contribution < 1.29 is 4.79 Å². The normalized spacial score (nSPS) is 16.5. The number of carbonyl (C=O) groups is 1. The fourth-order valence-electron chi connectivity index (χ4n) is 3.02. The van der Waals surface area contributed by atoms with Gasteiger partial charge in [-0.3, -0.25) is 14.4 Å². The lowest BCUT2D eigenvalue weighted by Gasteiger charge is -2.32. The highest BCUT2D eigenvalue weighted by molar-refractivity contribution is 5.91. The van der Waals surface area contributed by atoms with E-state index < -0.39 is 0 Å². The summed E-state index contributed by atoms with van der Waals surface area (Å²) < 4.78 is 1.72. The second kappa shape index (κ2) is 7.93. The van der Waals surface area contributed by atoms with Crippen LogP contribution in [0.15, 0.2) is 48.8 Å². The molecule has 1 saturated heterocycles. The van der Waals surface area contributed by atoms with Crippen LogP contribution in [0.2, 0.25) is 0 Å². The van der Waals surface area contributed by atoms with Gasteiger partial charge in [0.15, 0.2) is 0 Å². The number of aromatic nitrogens is 2. The second-order valence-corrected chi connectivity index (χ2v) is 6.33. The number of hydrogen-bond acceptors (Lipinski definition) is 3. The van der Waals surface area contributed by atoms with Crippen molar-refractivity contribution in [1.82, 2.24) is 20.0 Å². The molecule has 0 atom stereocenters. The third-order valence-electron chi connectivity index (χ3n) is 4.33. The molecule has 126 valence electrons. The molecule has 1 aliphatic heterocycles. The number of hydrogen-bond donors (Lipinski definition) is 1. The van der Waals surface area contributed by atoms with Crippen LogP contribution in [0.5, 0.6) is 0 Å². The molecular formula is C19H24N4O. The Morgan fingerprint density at radius 2 is 2.04 bits per heavy atom. The number of likely N-dealkylation sites (tertiary alicyclic amines) is 1. The quantitative estimate of drug-likeness (QED) is 0.858. The van der Waals surface area contributed by atoms with Crippen LogP contribution in [-0.4, -0.2) is 39.7 Å². The van der Waals surface area contributed by atoms with Crippen LogP contribution in [0.3, 0.4) is 0 Å². The third-order valence-corrected chi connectivity index (χ3v) is 4.33. The average molecular weight is 324 g/mol. The molecule has 2 heterocycles. The standard InChI is InChI=1S/C19H24N4O/c1-22-14-17(13-20-22)7-8-19(24)21-18-9-11-23(12-10-18)15-16-5-3-2-4-6-16/h2-8,13-14,18H,9-12,15H2,1H3,(H,21,24)/b8-7-. The molecule has 0 spiro atoms. The first-order valence-corrected chi connectivity index (χ1v) is 8.42. The minimum atomic E-state index is -0.0274. The molecule has 0 radical (unpaired) electrons. The third kappa shape index (κ3) is 4.80. The number of nitrogens with one attached hydrogen (secondary N) is 1. The van der Waals surface area contributed by atoms with Gasteiger partial charge in [0.05, 0.1) is 6.20 Å². The number of carbonyl (C=O) groups excluding carboxylic acids is 1. The maximum absolute atomic E-state index is 12.0. The summed E-state index contributed by atoms with van der Waals surface area (Å²) in [6, 6.07) is 10.8. The predicted molar refractivity (Wildman–Crippen MR) is 95.1 cm³/mol. The Bertz CT molecular complexity index is 684. The van der Waals surface area contributed by atoms with Crippen molar-refractivity contribution >= 4 is 12.0 Å². The Morgan fingerprint density at radius 1 is 1.29 bits per heavy atom. The lowest BCUT2D eigenvalue weighted by molar-refractivity contribution is -0.117. The van der Waals surface area contributed by atoms with E-state index in [4.69, 9.17) is 0 Å². The maximum Gasteiger partial charge on any atom is 0.244 e. The van der Waals surface area contributed by atoms with Crippen LogP contribution in [0.4, 0.5) is 0 Å². The van der Waals surface area contributed by atoms with Crippen molar-refractivity contribution in [2.24, 2.45) is 7.05 Å². The van der Waals surface area contributed by atoms with Gasteiger partial charge >= 0.3 is 0 Å². The highest BCUT2D eigenvalue weighted by Crippen LogP contribution is 2.14.